The van der Waals surface area contributed by atoms with Gasteiger partial charge in [-0.05, 0) is 47.7 Å². The van der Waals surface area contributed by atoms with Crippen molar-refractivity contribution in [3.63, 3.8) is 0 Å². The fourth-order valence-corrected chi connectivity index (χ4v) is 2.66. The molecule has 0 radical (unpaired) electrons. The van der Waals surface area contributed by atoms with E-state index in [2.05, 4.69) is 26.6 Å². The van der Waals surface area contributed by atoms with E-state index in [0.717, 1.165) is 30.2 Å². The van der Waals surface area contributed by atoms with Gasteiger partial charge in [-0.25, -0.2) is 0 Å². The quantitative estimate of drug-likeness (QED) is 0.777. The first-order valence-corrected chi connectivity index (χ1v) is 7.88. The number of carbonyl (C=O) groups is 2. The molecule has 3 rings (SSSR count). The highest BCUT2D eigenvalue weighted by Crippen LogP contribution is 2.37. The highest BCUT2D eigenvalue weighted by Gasteiger charge is 2.29. The summed E-state index contributed by atoms with van der Waals surface area (Å²) in [4.78, 5) is 23.6. The van der Waals surface area contributed by atoms with E-state index in [-0.39, 0.29) is 17.7 Å². The molecule has 1 heterocycles. The molecule has 2 aliphatic rings. The van der Waals surface area contributed by atoms with E-state index in [1.807, 2.05) is 16.8 Å². The molecule has 108 valence electrons. The summed E-state index contributed by atoms with van der Waals surface area (Å²) in [6.45, 7) is 0.955. The van der Waals surface area contributed by atoms with Crippen LogP contribution in [-0.4, -0.2) is 29.5 Å². The molecule has 0 unspecified atom stereocenters. The van der Waals surface area contributed by atoms with E-state index in [4.69, 9.17) is 0 Å². The van der Waals surface area contributed by atoms with Gasteiger partial charge in [0, 0.05) is 35.7 Å². The van der Waals surface area contributed by atoms with Gasteiger partial charge in [0.25, 0.3) is 5.91 Å². The van der Waals surface area contributed by atoms with Crippen LogP contribution in [0, 0.1) is 5.92 Å². The third-order valence-electron chi connectivity index (χ3n) is 3.65. The molecule has 20 heavy (non-hydrogen) atoms. The Bertz CT molecular complexity index is 533. The average molecular weight is 340 g/mol. The Labute approximate surface area is 126 Å². The van der Waals surface area contributed by atoms with Gasteiger partial charge in [-0.2, -0.15) is 0 Å². The topological polar surface area (TPSA) is 63.1 Å². The minimum Gasteiger partial charge on any atom is -0.354 e. The number of halogens is 1. The number of rotatable bonds is 6. The first kappa shape index (κ1) is 13.7. The molecule has 2 saturated carbocycles. The zero-order valence-electron chi connectivity index (χ0n) is 11.2. The van der Waals surface area contributed by atoms with Crippen LogP contribution in [-0.2, 0) is 4.79 Å². The molecule has 2 fully saturated rings. The van der Waals surface area contributed by atoms with Crippen molar-refractivity contribution in [3.05, 3.63) is 22.4 Å². The Kier molecular flexibility index (Phi) is 3.83. The summed E-state index contributed by atoms with van der Waals surface area (Å²) < 4.78 is 2.96. The lowest BCUT2D eigenvalue weighted by molar-refractivity contribution is -0.122. The van der Waals surface area contributed by atoms with Crippen molar-refractivity contribution in [2.75, 3.05) is 13.1 Å². The fraction of sp³-hybridized carbons (Fsp3) is 0.571. The SMILES string of the molecule is O=C(NCCNC(=O)C1CC1)c1cc(Br)cn1C1CC1. The second kappa shape index (κ2) is 5.60. The van der Waals surface area contributed by atoms with E-state index in [0.29, 0.717) is 24.8 Å². The molecule has 1 aromatic rings. The van der Waals surface area contributed by atoms with Gasteiger partial charge < -0.3 is 15.2 Å². The summed E-state index contributed by atoms with van der Waals surface area (Å²) in [5.41, 5.74) is 0.688. The van der Waals surface area contributed by atoms with E-state index in [9.17, 15) is 9.59 Å². The molecule has 2 amide bonds. The average Bonchev–Trinajstić information content (AvgIpc) is 3.31. The Balaban J connectivity index is 1.47. The van der Waals surface area contributed by atoms with Crippen LogP contribution >= 0.6 is 15.9 Å². The summed E-state index contributed by atoms with van der Waals surface area (Å²) in [6, 6.07) is 2.31. The van der Waals surface area contributed by atoms with Gasteiger partial charge in [-0.1, -0.05) is 0 Å². The van der Waals surface area contributed by atoms with Gasteiger partial charge in [-0.3, -0.25) is 9.59 Å². The van der Waals surface area contributed by atoms with Crippen molar-refractivity contribution < 1.29 is 9.59 Å². The van der Waals surface area contributed by atoms with Gasteiger partial charge in [0.15, 0.2) is 0 Å². The van der Waals surface area contributed by atoms with Gasteiger partial charge in [-0.15, -0.1) is 0 Å². The van der Waals surface area contributed by atoms with Crippen molar-refractivity contribution in [2.24, 2.45) is 5.92 Å². The maximum absolute atomic E-state index is 12.1. The van der Waals surface area contributed by atoms with Crippen LogP contribution in [0.1, 0.15) is 42.2 Å². The minimum atomic E-state index is -0.0803. The number of hydrogen-bond donors (Lipinski definition) is 2. The van der Waals surface area contributed by atoms with E-state index in [1.165, 1.54) is 0 Å². The largest absolute Gasteiger partial charge is 0.354 e. The maximum atomic E-state index is 12.1. The Morgan fingerprint density at radius 1 is 1.20 bits per heavy atom. The highest BCUT2D eigenvalue weighted by atomic mass is 79.9. The first-order chi connectivity index (χ1) is 9.65. The van der Waals surface area contributed by atoms with Crippen LogP contribution < -0.4 is 10.6 Å². The summed E-state index contributed by atoms with van der Waals surface area (Å²) in [5.74, 6) is 0.250. The van der Waals surface area contributed by atoms with Crippen LogP contribution in [0.5, 0.6) is 0 Å². The standard InChI is InChI=1S/C14H18BrN3O2/c15-10-7-12(18(8-10)11-3-4-11)14(20)17-6-5-16-13(19)9-1-2-9/h7-9,11H,1-6H2,(H,16,19)(H,17,20). The predicted molar refractivity (Wildman–Crippen MR) is 78.5 cm³/mol. The molecule has 0 aliphatic heterocycles. The van der Waals surface area contributed by atoms with Crippen molar-refractivity contribution in [1.29, 1.82) is 0 Å². The maximum Gasteiger partial charge on any atom is 0.268 e. The van der Waals surface area contributed by atoms with Crippen LogP contribution in [0.4, 0.5) is 0 Å². The smallest absolute Gasteiger partial charge is 0.268 e. The summed E-state index contributed by atoms with van der Waals surface area (Å²) in [6.07, 6.45) is 6.24. The van der Waals surface area contributed by atoms with Crippen molar-refractivity contribution in [1.82, 2.24) is 15.2 Å². The van der Waals surface area contributed by atoms with Crippen LogP contribution in [0.3, 0.4) is 0 Å². The van der Waals surface area contributed by atoms with E-state index < -0.39 is 0 Å². The molecular weight excluding hydrogens is 322 g/mol. The van der Waals surface area contributed by atoms with Gasteiger partial charge in [0.1, 0.15) is 5.69 Å². The lowest BCUT2D eigenvalue weighted by Crippen LogP contribution is -2.35. The second-order valence-electron chi connectivity index (χ2n) is 5.50. The van der Waals surface area contributed by atoms with Gasteiger partial charge >= 0.3 is 0 Å². The van der Waals surface area contributed by atoms with Crippen LogP contribution in [0.2, 0.25) is 0 Å². The van der Waals surface area contributed by atoms with Crippen LogP contribution in [0.25, 0.3) is 0 Å². The highest BCUT2D eigenvalue weighted by molar-refractivity contribution is 9.10. The van der Waals surface area contributed by atoms with E-state index in [1.54, 1.807) is 0 Å². The number of nitrogens with one attached hydrogen (secondary N) is 2. The van der Waals surface area contributed by atoms with Gasteiger partial charge in [0.2, 0.25) is 5.91 Å². The number of nitrogens with zero attached hydrogens (tertiary/aromatic N) is 1. The summed E-state index contributed by atoms with van der Waals surface area (Å²) in [7, 11) is 0. The third-order valence-corrected chi connectivity index (χ3v) is 4.08. The third kappa shape index (κ3) is 3.23. The number of hydrogen-bond acceptors (Lipinski definition) is 2. The van der Waals surface area contributed by atoms with Crippen molar-refractivity contribution in [2.45, 2.75) is 31.7 Å². The van der Waals surface area contributed by atoms with Crippen LogP contribution in [0.15, 0.2) is 16.7 Å². The molecular formula is C14H18BrN3O2. The molecule has 2 N–H and O–H groups in total. The summed E-state index contributed by atoms with van der Waals surface area (Å²) in [5, 5.41) is 5.69. The zero-order chi connectivity index (χ0) is 14.1. The zero-order valence-corrected chi connectivity index (χ0v) is 12.8. The molecule has 0 atom stereocenters. The van der Waals surface area contributed by atoms with Crippen molar-refractivity contribution in [3.8, 4) is 0 Å². The first-order valence-electron chi connectivity index (χ1n) is 7.08. The molecule has 0 spiro atoms. The predicted octanol–water partition coefficient (Wildman–Crippen LogP) is 1.84. The molecule has 0 bridgehead atoms. The monoisotopic (exact) mass is 339 g/mol. The lowest BCUT2D eigenvalue weighted by atomic mass is 10.3. The molecule has 5 nitrogen and oxygen atoms in total. The minimum absolute atomic E-state index is 0.0803. The molecule has 2 aliphatic carbocycles. The van der Waals surface area contributed by atoms with Gasteiger partial charge in [0.05, 0.1) is 0 Å². The summed E-state index contributed by atoms with van der Waals surface area (Å²) >= 11 is 3.41. The Morgan fingerprint density at radius 2 is 1.90 bits per heavy atom. The number of amides is 2. The molecule has 6 heteroatoms. The number of carbonyl (C=O) groups excluding carboxylic acids is 2. The molecule has 0 aromatic carbocycles. The molecule has 1 aromatic heterocycles. The van der Waals surface area contributed by atoms with Crippen molar-refractivity contribution >= 4 is 27.7 Å². The Morgan fingerprint density at radius 3 is 2.55 bits per heavy atom. The fourth-order valence-electron chi connectivity index (χ4n) is 2.22. The van der Waals surface area contributed by atoms with E-state index >= 15 is 0 Å². The second-order valence-corrected chi connectivity index (χ2v) is 6.42. The Hall–Kier alpha value is -1.30. The molecule has 0 saturated heterocycles. The lowest BCUT2D eigenvalue weighted by Gasteiger charge is -2.09. The number of aromatic nitrogens is 1. The normalized spacial score (nSPS) is 17.9.